The molecule has 0 aliphatic carbocycles. The van der Waals surface area contributed by atoms with Gasteiger partial charge in [-0.1, -0.05) is 61.9 Å². The number of fused-ring (bicyclic) bond motifs is 2. The number of hydrogen-bond acceptors (Lipinski definition) is 5. The van der Waals surface area contributed by atoms with Crippen LogP contribution in [0.5, 0.6) is 5.88 Å². The quantitative estimate of drug-likeness (QED) is 0.648. The minimum Gasteiger partial charge on any atom is -0.476 e. The van der Waals surface area contributed by atoms with Crippen molar-refractivity contribution in [1.82, 2.24) is 9.97 Å². The molecule has 142 valence electrons. The van der Waals surface area contributed by atoms with Crippen LogP contribution < -0.4 is 15.0 Å². The van der Waals surface area contributed by atoms with E-state index in [1.54, 1.807) is 6.33 Å². The van der Waals surface area contributed by atoms with Gasteiger partial charge in [0.05, 0.1) is 18.3 Å². The standard InChI is InChI=1S/C23H24N4O/c1-2-3-14-28-23-20-22(24-15-25-23)27-13-12-17-10-7-11-18(21(17)27)19(26-20)16-8-5-4-6-9-16/h4-11,15,19,26H,2-3,12-14H2,1H3. The smallest absolute Gasteiger partial charge is 0.242 e. The van der Waals surface area contributed by atoms with E-state index in [1.165, 1.54) is 22.4 Å². The average molecular weight is 372 g/mol. The zero-order valence-electron chi connectivity index (χ0n) is 16.1. The van der Waals surface area contributed by atoms with E-state index >= 15 is 0 Å². The Bertz CT molecular complexity index is 989. The van der Waals surface area contributed by atoms with Gasteiger partial charge in [0.25, 0.3) is 0 Å². The van der Waals surface area contributed by atoms with E-state index < -0.39 is 0 Å². The van der Waals surface area contributed by atoms with Gasteiger partial charge in [0.1, 0.15) is 12.0 Å². The summed E-state index contributed by atoms with van der Waals surface area (Å²) in [7, 11) is 0. The predicted molar refractivity (Wildman–Crippen MR) is 111 cm³/mol. The van der Waals surface area contributed by atoms with Crippen molar-refractivity contribution >= 4 is 17.2 Å². The van der Waals surface area contributed by atoms with Gasteiger partial charge >= 0.3 is 0 Å². The second kappa shape index (κ2) is 7.15. The molecule has 1 aromatic heterocycles. The fraction of sp³-hybridized carbons (Fsp3) is 0.304. The van der Waals surface area contributed by atoms with Crippen molar-refractivity contribution < 1.29 is 4.74 Å². The van der Waals surface area contributed by atoms with Crippen LogP contribution in [0.2, 0.25) is 0 Å². The van der Waals surface area contributed by atoms with Gasteiger partial charge in [-0.3, -0.25) is 0 Å². The zero-order chi connectivity index (χ0) is 18.9. The fourth-order valence-corrected chi connectivity index (χ4v) is 4.18. The highest BCUT2D eigenvalue weighted by Crippen LogP contribution is 2.49. The summed E-state index contributed by atoms with van der Waals surface area (Å²) in [6, 6.07) is 17.2. The highest BCUT2D eigenvalue weighted by atomic mass is 16.5. The van der Waals surface area contributed by atoms with Crippen LogP contribution in [0.1, 0.15) is 42.5 Å². The van der Waals surface area contributed by atoms with Crippen molar-refractivity contribution in [3.8, 4) is 5.88 Å². The van der Waals surface area contributed by atoms with Crippen molar-refractivity contribution in [2.75, 3.05) is 23.4 Å². The van der Waals surface area contributed by atoms with Crippen molar-refractivity contribution in [1.29, 1.82) is 0 Å². The molecule has 3 aromatic rings. The maximum Gasteiger partial charge on any atom is 0.242 e. The molecule has 1 N–H and O–H groups in total. The molecule has 5 rings (SSSR count). The molecular weight excluding hydrogens is 348 g/mol. The van der Waals surface area contributed by atoms with Crippen LogP contribution in [0.4, 0.5) is 17.2 Å². The Labute approximate surface area is 165 Å². The SMILES string of the molecule is CCCCOc1ncnc2c1NC(c1ccccc1)c1cccc3c1N2CC3. The molecule has 1 atom stereocenters. The number of nitrogens with one attached hydrogen (secondary N) is 1. The van der Waals surface area contributed by atoms with Gasteiger partial charge in [0, 0.05) is 12.1 Å². The third-order valence-electron chi connectivity index (χ3n) is 5.54. The summed E-state index contributed by atoms with van der Waals surface area (Å²) >= 11 is 0. The number of benzene rings is 2. The second-order valence-corrected chi connectivity index (χ2v) is 7.32. The highest BCUT2D eigenvalue weighted by molar-refractivity contribution is 5.84. The Hall–Kier alpha value is -3.08. The monoisotopic (exact) mass is 372 g/mol. The Morgan fingerprint density at radius 2 is 2.00 bits per heavy atom. The Balaban J connectivity index is 1.67. The molecule has 0 saturated carbocycles. The van der Waals surface area contributed by atoms with Crippen LogP contribution in [0.15, 0.2) is 54.9 Å². The first-order chi connectivity index (χ1) is 13.9. The second-order valence-electron chi connectivity index (χ2n) is 7.32. The number of nitrogens with zero attached hydrogens (tertiary/aromatic N) is 3. The van der Waals surface area contributed by atoms with E-state index in [4.69, 9.17) is 4.74 Å². The summed E-state index contributed by atoms with van der Waals surface area (Å²) < 4.78 is 6.05. The first kappa shape index (κ1) is 17.0. The summed E-state index contributed by atoms with van der Waals surface area (Å²) in [5.41, 5.74) is 6.04. The van der Waals surface area contributed by atoms with Crippen LogP contribution in [-0.2, 0) is 6.42 Å². The topological polar surface area (TPSA) is 50.3 Å². The minimum atomic E-state index is 0.0255. The Kier molecular flexibility index (Phi) is 4.35. The van der Waals surface area contributed by atoms with E-state index in [-0.39, 0.29) is 6.04 Å². The molecule has 0 fully saturated rings. The maximum atomic E-state index is 6.05. The van der Waals surface area contributed by atoms with Crippen LogP contribution in [0.3, 0.4) is 0 Å². The van der Waals surface area contributed by atoms with E-state index in [0.29, 0.717) is 12.5 Å². The third kappa shape index (κ3) is 2.78. The van der Waals surface area contributed by atoms with Crippen molar-refractivity contribution in [2.24, 2.45) is 0 Å². The number of ether oxygens (including phenoxy) is 1. The normalized spacial score (nSPS) is 16.8. The molecule has 2 aliphatic heterocycles. The van der Waals surface area contributed by atoms with Gasteiger partial charge in [0.15, 0.2) is 5.82 Å². The van der Waals surface area contributed by atoms with E-state index in [9.17, 15) is 0 Å². The number of anilines is 3. The lowest BCUT2D eigenvalue weighted by molar-refractivity contribution is 0.298. The molecule has 1 unspecified atom stereocenters. The molecule has 5 heteroatoms. The predicted octanol–water partition coefficient (Wildman–Crippen LogP) is 4.86. The number of para-hydroxylation sites is 1. The summed E-state index contributed by atoms with van der Waals surface area (Å²) in [6.07, 6.45) is 4.74. The third-order valence-corrected chi connectivity index (χ3v) is 5.54. The lowest BCUT2D eigenvalue weighted by Gasteiger charge is -2.21. The number of aromatic nitrogens is 2. The van der Waals surface area contributed by atoms with Gasteiger partial charge in [-0.25, -0.2) is 4.98 Å². The molecule has 0 spiro atoms. The molecule has 28 heavy (non-hydrogen) atoms. The van der Waals surface area contributed by atoms with E-state index in [0.717, 1.165) is 37.3 Å². The van der Waals surface area contributed by atoms with Gasteiger partial charge in [-0.15, -0.1) is 0 Å². The van der Waals surface area contributed by atoms with Gasteiger partial charge in [0.2, 0.25) is 5.88 Å². The maximum absolute atomic E-state index is 6.05. The van der Waals surface area contributed by atoms with Crippen molar-refractivity contribution in [2.45, 2.75) is 32.2 Å². The molecule has 0 bridgehead atoms. The first-order valence-electron chi connectivity index (χ1n) is 10.1. The van der Waals surface area contributed by atoms with Crippen molar-refractivity contribution in [3.63, 3.8) is 0 Å². The highest BCUT2D eigenvalue weighted by Gasteiger charge is 2.35. The number of hydrogen-bond donors (Lipinski definition) is 1. The van der Waals surface area contributed by atoms with Gasteiger partial charge in [-0.05, 0) is 24.0 Å². The van der Waals surface area contributed by atoms with E-state index in [1.807, 2.05) is 0 Å². The van der Waals surface area contributed by atoms with Crippen LogP contribution in [0.25, 0.3) is 0 Å². The molecule has 0 radical (unpaired) electrons. The Morgan fingerprint density at radius 3 is 2.86 bits per heavy atom. The van der Waals surface area contributed by atoms with Crippen LogP contribution >= 0.6 is 0 Å². The molecule has 2 aromatic carbocycles. The zero-order valence-corrected chi connectivity index (χ0v) is 16.1. The first-order valence-corrected chi connectivity index (χ1v) is 10.1. The Morgan fingerprint density at radius 1 is 1.11 bits per heavy atom. The molecule has 2 aliphatic rings. The molecule has 0 amide bonds. The summed E-state index contributed by atoms with van der Waals surface area (Å²) in [5.74, 6) is 1.55. The van der Waals surface area contributed by atoms with Gasteiger partial charge < -0.3 is 15.0 Å². The van der Waals surface area contributed by atoms with Crippen LogP contribution in [0, 0.1) is 0 Å². The van der Waals surface area contributed by atoms with E-state index in [2.05, 4.69) is 75.6 Å². The number of unbranched alkanes of at least 4 members (excludes halogenated alkanes) is 1. The fourth-order valence-electron chi connectivity index (χ4n) is 4.18. The largest absolute Gasteiger partial charge is 0.476 e. The summed E-state index contributed by atoms with van der Waals surface area (Å²) in [6.45, 7) is 3.75. The molecule has 3 heterocycles. The van der Waals surface area contributed by atoms with Crippen LogP contribution in [-0.4, -0.2) is 23.1 Å². The summed E-state index contributed by atoms with van der Waals surface area (Å²) in [5, 5.41) is 3.73. The van der Waals surface area contributed by atoms with Crippen molar-refractivity contribution in [3.05, 3.63) is 71.5 Å². The molecule has 5 nitrogen and oxygen atoms in total. The average Bonchev–Trinajstić information content (AvgIpc) is 3.11. The molecular formula is C23H24N4O. The lowest BCUT2D eigenvalue weighted by Crippen LogP contribution is -2.16. The lowest BCUT2D eigenvalue weighted by atomic mass is 9.95. The molecule has 0 saturated heterocycles. The van der Waals surface area contributed by atoms with Gasteiger partial charge in [-0.2, -0.15) is 4.98 Å². The summed E-state index contributed by atoms with van der Waals surface area (Å²) in [4.78, 5) is 11.4. The number of rotatable bonds is 5. The minimum absolute atomic E-state index is 0.0255.